The molecule has 6 nitrogen and oxygen atoms in total. The summed E-state index contributed by atoms with van der Waals surface area (Å²) in [4.78, 5) is 30.3. The molecule has 0 unspecified atom stereocenters. The third-order valence-electron chi connectivity index (χ3n) is 4.95. The van der Waals surface area contributed by atoms with Crippen molar-refractivity contribution in [3.8, 4) is 0 Å². The number of nitrogens with one attached hydrogen (secondary N) is 1. The van der Waals surface area contributed by atoms with Crippen LogP contribution in [0, 0.1) is 18.8 Å². The van der Waals surface area contributed by atoms with Crippen molar-refractivity contribution in [2.24, 2.45) is 11.8 Å². The summed E-state index contributed by atoms with van der Waals surface area (Å²) in [6.45, 7) is 4.15. The van der Waals surface area contributed by atoms with Crippen molar-refractivity contribution >= 4 is 11.9 Å². The molecule has 0 radical (unpaired) electrons. The van der Waals surface area contributed by atoms with Crippen LogP contribution in [0.4, 0.5) is 0 Å². The fourth-order valence-corrected chi connectivity index (χ4v) is 3.59. The molecule has 1 amide bonds. The van der Waals surface area contributed by atoms with E-state index in [4.69, 9.17) is 0 Å². The summed E-state index contributed by atoms with van der Waals surface area (Å²) in [7, 11) is 0. The molecule has 27 heavy (non-hydrogen) atoms. The summed E-state index contributed by atoms with van der Waals surface area (Å²) in [6.07, 6.45) is 3.75. The molecule has 2 N–H and O–H groups in total. The monoisotopic (exact) mass is 367 g/mol. The van der Waals surface area contributed by atoms with Crippen molar-refractivity contribution in [3.05, 3.63) is 65.5 Å². The lowest BCUT2D eigenvalue weighted by atomic mass is 9.88. The Morgan fingerprint density at radius 2 is 1.89 bits per heavy atom. The number of amides is 1. The maximum absolute atomic E-state index is 12.6. The van der Waals surface area contributed by atoms with Crippen molar-refractivity contribution in [1.29, 1.82) is 0 Å². The average molecular weight is 367 g/mol. The first-order chi connectivity index (χ1) is 13.0. The van der Waals surface area contributed by atoms with Crippen LogP contribution in [0.15, 0.2) is 48.8 Å². The van der Waals surface area contributed by atoms with Gasteiger partial charge in [0.25, 0.3) is 0 Å². The van der Waals surface area contributed by atoms with Crippen LogP contribution in [-0.4, -0.2) is 40.0 Å². The Morgan fingerprint density at radius 3 is 2.59 bits per heavy atom. The van der Waals surface area contributed by atoms with Crippen molar-refractivity contribution in [2.45, 2.75) is 26.4 Å². The zero-order valence-corrected chi connectivity index (χ0v) is 15.5. The number of nitrogens with zero attached hydrogens (tertiary/aromatic N) is 2. The first-order valence-corrected chi connectivity index (χ1v) is 9.18. The standard InChI is InChI=1S/C21H25N3O3/c1-15-3-2-4-17(9-15)12-24-13-18(10-19(14-24)21(26)27)20(25)23-11-16-5-7-22-8-6-16/h2-9,18-19H,10-14H2,1H3,(H,23,25)(H,26,27)/t18-,19+/m0/s1. The summed E-state index contributed by atoms with van der Waals surface area (Å²) >= 11 is 0. The van der Waals surface area contributed by atoms with Gasteiger partial charge in [-0.15, -0.1) is 0 Å². The molecule has 1 aliphatic heterocycles. The summed E-state index contributed by atoms with van der Waals surface area (Å²) in [6, 6.07) is 11.9. The third kappa shape index (κ3) is 5.37. The zero-order valence-electron chi connectivity index (χ0n) is 15.5. The van der Waals surface area contributed by atoms with E-state index in [1.807, 2.05) is 37.3 Å². The molecule has 142 valence electrons. The van der Waals surface area contributed by atoms with Crippen LogP contribution in [0.3, 0.4) is 0 Å². The number of carboxylic acids is 1. The highest BCUT2D eigenvalue weighted by Gasteiger charge is 2.35. The number of carbonyl (C=O) groups excluding carboxylic acids is 1. The van der Waals surface area contributed by atoms with E-state index >= 15 is 0 Å². The number of carbonyl (C=O) groups is 2. The Kier molecular flexibility index (Phi) is 6.19. The Bertz CT molecular complexity index is 794. The molecule has 1 aliphatic rings. The highest BCUT2D eigenvalue weighted by Crippen LogP contribution is 2.24. The molecule has 1 saturated heterocycles. The Hall–Kier alpha value is -2.73. The Balaban J connectivity index is 1.64. The predicted octanol–water partition coefficient (Wildman–Crippen LogP) is 2.23. The highest BCUT2D eigenvalue weighted by molar-refractivity contribution is 5.80. The molecule has 0 bridgehead atoms. The van der Waals surface area contributed by atoms with Gasteiger partial charge in [0.1, 0.15) is 0 Å². The second-order valence-corrected chi connectivity index (χ2v) is 7.22. The van der Waals surface area contributed by atoms with Crippen LogP contribution in [-0.2, 0) is 22.7 Å². The molecule has 3 rings (SSSR count). The van der Waals surface area contributed by atoms with Crippen molar-refractivity contribution in [3.63, 3.8) is 0 Å². The first-order valence-electron chi connectivity index (χ1n) is 9.18. The number of carboxylic acid groups (broad SMARTS) is 1. The van der Waals surface area contributed by atoms with Crippen LogP contribution in [0.2, 0.25) is 0 Å². The van der Waals surface area contributed by atoms with Crippen molar-refractivity contribution < 1.29 is 14.7 Å². The summed E-state index contributed by atoms with van der Waals surface area (Å²) < 4.78 is 0. The minimum Gasteiger partial charge on any atom is -0.481 e. The van der Waals surface area contributed by atoms with Gasteiger partial charge in [0.05, 0.1) is 11.8 Å². The lowest BCUT2D eigenvalue weighted by Gasteiger charge is -2.35. The number of likely N-dealkylation sites (tertiary alicyclic amines) is 1. The molecule has 1 fully saturated rings. The zero-order chi connectivity index (χ0) is 19.2. The molecule has 1 aromatic heterocycles. The minimum absolute atomic E-state index is 0.0907. The maximum Gasteiger partial charge on any atom is 0.307 e. The quantitative estimate of drug-likeness (QED) is 0.818. The van der Waals surface area contributed by atoms with E-state index in [0.717, 1.165) is 11.1 Å². The molecule has 2 atom stereocenters. The predicted molar refractivity (Wildman–Crippen MR) is 102 cm³/mol. The molecule has 0 aliphatic carbocycles. The highest BCUT2D eigenvalue weighted by atomic mass is 16.4. The largest absolute Gasteiger partial charge is 0.481 e. The summed E-state index contributed by atoms with van der Waals surface area (Å²) in [5.74, 6) is -1.78. The van der Waals surface area contributed by atoms with E-state index in [2.05, 4.69) is 21.3 Å². The van der Waals surface area contributed by atoms with E-state index in [9.17, 15) is 14.7 Å². The molecule has 0 spiro atoms. The minimum atomic E-state index is -0.837. The normalized spacial score (nSPS) is 20.2. The number of hydrogen-bond donors (Lipinski definition) is 2. The first kappa shape index (κ1) is 19.0. The van der Waals surface area contributed by atoms with Gasteiger partial charge in [0, 0.05) is 38.6 Å². The average Bonchev–Trinajstić information content (AvgIpc) is 2.66. The Labute approximate surface area is 159 Å². The molecular formula is C21H25N3O3. The van der Waals surface area contributed by atoms with E-state index in [0.29, 0.717) is 32.6 Å². The number of hydrogen-bond acceptors (Lipinski definition) is 4. The van der Waals surface area contributed by atoms with Crippen LogP contribution >= 0.6 is 0 Å². The Morgan fingerprint density at radius 1 is 1.15 bits per heavy atom. The molecule has 0 saturated carbocycles. The number of benzene rings is 1. The molecule has 2 heterocycles. The van der Waals surface area contributed by atoms with Gasteiger partial charge in [0.15, 0.2) is 0 Å². The fraction of sp³-hybridized carbons (Fsp3) is 0.381. The van der Waals surface area contributed by atoms with Gasteiger partial charge in [-0.05, 0) is 36.6 Å². The van der Waals surface area contributed by atoms with Crippen LogP contribution in [0.1, 0.15) is 23.1 Å². The van der Waals surface area contributed by atoms with Gasteiger partial charge >= 0.3 is 5.97 Å². The number of aromatic nitrogens is 1. The number of piperidine rings is 1. The lowest BCUT2D eigenvalue weighted by Crippen LogP contribution is -2.47. The van der Waals surface area contributed by atoms with Gasteiger partial charge in [0.2, 0.25) is 5.91 Å². The third-order valence-corrected chi connectivity index (χ3v) is 4.95. The van der Waals surface area contributed by atoms with Crippen molar-refractivity contribution in [1.82, 2.24) is 15.2 Å². The lowest BCUT2D eigenvalue weighted by molar-refractivity contribution is -0.145. The topological polar surface area (TPSA) is 82.5 Å². The SMILES string of the molecule is Cc1cccc(CN2C[C@H](C(=O)O)C[C@H](C(=O)NCc3ccncc3)C2)c1. The van der Waals surface area contributed by atoms with E-state index in [-0.39, 0.29) is 11.8 Å². The van der Waals surface area contributed by atoms with Crippen LogP contribution in [0.25, 0.3) is 0 Å². The van der Waals surface area contributed by atoms with Crippen molar-refractivity contribution in [2.75, 3.05) is 13.1 Å². The number of rotatable bonds is 6. The smallest absolute Gasteiger partial charge is 0.307 e. The van der Waals surface area contributed by atoms with Gasteiger partial charge in [-0.3, -0.25) is 19.5 Å². The van der Waals surface area contributed by atoms with Crippen LogP contribution < -0.4 is 5.32 Å². The van der Waals surface area contributed by atoms with E-state index < -0.39 is 11.9 Å². The fourth-order valence-electron chi connectivity index (χ4n) is 3.59. The molecule has 1 aromatic carbocycles. The summed E-state index contributed by atoms with van der Waals surface area (Å²) in [5, 5.41) is 12.4. The number of aliphatic carboxylic acids is 1. The number of aryl methyl sites for hydroxylation is 1. The van der Waals surface area contributed by atoms with Gasteiger partial charge < -0.3 is 10.4 Å². The van der Waals surface area contributed by atoms with E-state index in [1.165, 1.54) is 5.56 Å². The summed E-state index contributed by atoms with van der Waals surface area (Å²) in [5.41, 5.74) is 3.28. The van der Waals surface area contributed by atoms with E-state index in [1.54, 1.807) is 12.4 Å². The van der Waals surface area contributed by atoms with Gasteiger partial charge in [-0.1, -0.05) is 29.8 Å². The second kappa shape index (κ2) is 8.77. The molecule has 6 heteroatoms. The van der Waals surface area contributed by atoms with Gasteiger partial charge in [-0.25, -0.2) is 0 Å². The van der Waals surface area contributed by atoms with Crippen LogP contribution in [0.5, 0.6) is 0 Å². The second-order valence-electron chi connectivity index (χ2n) is 7.22. The maximum atomic E-state index is 12.6. The number of pyridine rings is 1. The molecular weight excluding hydrogens is 342 g/mol. The molecule has 2 aromatic rings. The van der Waals surface area contributed by atoms with Gasteiger partial charge in [-0.2, -0.15) is 0 Å².